The smallest absolute Gasteiger partial charge is 0.256 e. The van der Waals surface area contributed by atoms with Crippen LogP contribution in [0.1, 0.15) is 12.1 Å². The molecule has 1 aromatic heterocycles. The summed E-state index contributed by atoms with van der Waals surface area (Å²) in [5.41, 5.74) is 4.63. The maximum absolute atomic E-state index is 14.1. The summed E-state index contributed by atoms with van der Waals surface area (Å²) in [4.78, 5) is 12.9. The highest BCUT2D eigenvalue weighted by molar-refractivity contribution is 5.84. The Morgan fingerprint density at radius 3 is 3.05 bits per heavy atom. The zero-order valence-electron chi connectivity index (χ0n) is 10.3. The number of carbonyl (C=O) groups excluding carboxylic acids is 1. The Morgan fingerprint density at radius 1 is 1.53 bits per heavy atom. The van der Waals surface area contributed by atoms with Crippen LogP contribution < -0.4 is 5.73 Å². The zero-order valence-corrected chi connectivity index (χ0v) is 10.3. The second-order valence-electron chi connectivity index (χ2n) is 4.92. The average Bonchev–Trinajstić information content (AvgIpc) is 2.96. The quantitative estimate of drug-likeness (QED) is 0.904. The second-order valence-corrected chi connectivity index (χ2v) is 4.92. The Hall–Kier alpha value is -1.95. The van der Waals surface area contributed by atoms with E-state index in [1.54, 1.807) is 0 Å². The molecular weight excluding hydrogens is 249 g/mol. The fraction of sp³-hybridized carbons (Fsp3) is 0.385. The molecule has 2 N–H and O–H groups in total. The lowest BCUT2D eigenvalue weighted by Crippen LogP contribution is -2.42. The van der Waals surface area contributed by atoms with Gasteiger partial charge in [-0.2, -0.15) is 0 Å². The van der Waals surface area contributed by atoms with E-state index in [0.29, 0.717) is 18.7 Å². The van der Waals surface area contributed by atoms with Gasteiger partial charge in [-0.3, -0.25) is 9.69 Å². The first-order chi connectivity index (χ1) is 9.08. The van der Waals surface area contributed by atoms with Crippen LogP contribution in [0.25, 0.3) is 11.0 Å². The van der Waals surface area contributed by atoms with E-state index in [0.717, 1.165) is 11.1 Å². The van der Waals surface area contributed by atoms with Crippen LogP contribution in [-0.4, -0.2) is 34.7 Å². The summed E-state index contributed by atoms with van der Waals surface area (Å²) in [6.45, 7) is 0.958. The molecule has 2 aromatic rings. The lowest BCUT2D eigenvalue weighted by Gasteiger charge is -2.16. The van der Waals surface area contributed by atoms with Gasteiger partial charge in [-0.1, -0.05) is 17.3 Å². The van der Waals surface area contributed by atoms with E-state index in [9.17, 15) is 9.18 Å². The first-order valence-electron chi connectivity index (χ1n) is 6.13. The number of likely N-dealkylation sites (tertiary alicyclic amines) is 1. The Kier molecular flexibility index (Phi) is 2.74. The summed E-state index contributed by atoms with van der Waals surface area (Å²) >= 11 is 0. The third kappa shape index (κ3) is 2.08. The highest BCUT2D eigenvalue weighted by atomic mass is 19.1. The standard InChI is InChI=1S/C13H14FN3O2/c14-13(12(15)18)5-6-17(8-13)7-10-9-3-1-2-4-11(9)19-16-10/h1-4H,5-8H2,(H2,15,18). The van der Waals surface area contributed by atoms with Crippen molar-refractivity contribution < 1.29 is 13.7 Å². The average molecular weight is 263 g/mol. The van der Waals surface area contributed by atoms with Crippen molar-refractivity contribution in [3.63, 3.8) is 0 Å². The summed E-state index contributed by atoms with van der Waals surface area (Å²) in [5.74, 6) is -0.889. The molecule has 2 heterocycles. The van der Waals surface area contributed by atoms with Gasteiger partial charge in [-0.05, 0) is 12.1 Å². The van der Waals surface area contributed by atoms with E-state index in [1.165, 1.54) is 0 Å². The zero-order chi connectivity index (χ0) is 13.5. The van der Waals surface area contributed by atoms with Crippen molar-refractivity contribution in [1.29, 1.82) is 0 Å². The van der Waals surface area contributed by atoms with Gasteiger partial charge in [0.1, 0.15) is 5.69 Å². The van der Waals surface area contributed by atoms with E-state index in [1.807, 2.05) is 29.2 Å². The molecule has 1 aliphatic rings. The van der Waals surface area contributed by atoms with Gasteiger partial charge in [-0.15, -0.1) is 0 Å². The fourth-order valence-electron chi connectivity index (χ4n) is 2.45. The number of carbonyl (C=O) groups is 1. The molecule has 1 saturated heterocycles. The van der Waals surface area contributed by atoms with Crippen LogP contribution in [0.5, 0.6) is 0 Å². The lowest BCUT2D eigenvalue weighted by atomic mass is 10.1. The normalized spacial score (nSPS) is 24.1. The number of rotatable bonds is 3. The Balaban J connectivity index is 1.78. The Labute approximate surface area is 109 Å². The molecule has 0 spiro atoms. The fourth-order valence-corrected chi connectivity index (χ4v) is 2.45. The third-order valence-electron chi connectivity index (χ3n) is 3.57. The van der Waals surface area contributed by atoms with Gasteiger partial charge >= 0.3 is 0 Å². The van der Waals surface area contributed by atoms with E-state index in [2.05, 4.69) is 5.16 Å². The number of aromatic nitrogens is 1. The van der Waals surface area contributed by atoms with Crippen molar-refractivity contribution in [2.24, 2.45) is 5.73 Å². The number of nitrogens with zero attached hydrogens (tertiary/aromatic N) is 2. The van der Waals surface area contributed by atoms with Gasteiger partial charge in [0.25, 0.3) is 5.91 Å². The minimum Gasteiger partial charge on any atom is -0.367 e. The summed E-state index contributed by atoms with van der Waals surface area (Å²) in [5, 5.41) is 4.91. The van der Waals surface area contributed by atoms with Gasteiger partial charge < -0.3 is 10.3 Å². The molecule has 0 aliphatic carbocycles. The molecule has 0 radical (unpaired) electrons. The van der Waals surface area contributed by atoms with Crippen LogP contribution in [0.15, 0.2) is 28.8 Å². The molecule has 1 unspecified atom stereocenters. The van der Waals surface area contributed by atoms with Gasteiger partial charge in [0.05, 0.1) is 0 Å². The van der Waals surface area contributed by atoms with Crippen LogP contribution in [-0.2, 0) is 11.3 Å². The SMILES string of the molecule is NC(=O)C1(F)CCN(Cc2noc3ccccc23)C1. The number of primary amides is 1. The predicted octanol–water partition coefficient (Wildman–Crippen LogP) is 1.23. The molecule has 1 atom stereocenters. The third-order valence-corrected chi connectivity index (χ3v) is 3.57. The van der Waals surface area contributed by atoms with Crippen molar-refractivity contribution in [1.82, 2.24) is 10.1 Å². The first kappa shape index (κ1) is 12.1. The molecule has 6 heteroatoms. The summed E-state index contributed by atoms with van der Waals surface area (Å²) in [6.07, 6.45) is 0.137. The molecule has 1 aromatic carbocycles. The molecule has 1 fully saturated rings. The number of hydrogen-bond donors (Lipinski definition) is 1. The number of nitrogens with two attached hydrogens (primary N) is 1. The highest BCUT2D eigenvalue weighted by Crippen LogP contribution is 2.27. The largest absolute Gasteiger partial charge is 0.367 e. The Bertz CT molecular complexity index is 627. The topological polar surface area (TPSA) is 72.4 Å². The molecule has 0 saturated carbocycles. The van der Waals surface area contributed by atoms with Crippen molar-refractivity contribution in [3.8, 4) is 0 Å². The minimum absolute atomic E-state index is 0.0174. The summed E-state index contributed by atoms with van der Waals surface area (Å²) in [6, 6.07) is 7.51. The highest BCUT2D eigenvalue weighted by Gasteiger charge is 2.43. The van der Waals surface area contributed by atoms with Crippen molar-refractivity contribution >= 4 is 16.9 Å². The molecule has 100 valence electrons. The van der Waals surface area contributed by atoms with Crippen LogP contribution in [0.3, 0.4) is 0 Å². The molecule has 1 amide bonds. The van der Waals surface area contributed by atoms with Crippen molar-refractivity contribution in [3.05, 3.63) is 30.0 Å². The summed E-state index contributed by atoms with van der Waals surface area (Å²) in [7, 11) is 0. The van der Waals surface area contributed by atoms with Crippen molar-refractivity contribution in [2.75, 3.05) is 13.1 Å². The van der Waals surface area contributed by atoms with Crippen LogP contribution in [0.2, 0.25) is 0 Å². The van der Waals surface area contributed by atoms with Crippen molar-refractivity contribution in [2.45, 2.75) is 18.6 Å². The van der Waals surface area contributed by atoms with Gasteiger partial charge in [-0.25, -0.2) is 4.39 Å². The number of hydrogen-bond acceptors (Lipinski definition) is 4. The molecule has 19 heavy (non-hydrogen) atoms. The number of benzene rings is 1. The monoisotopic (exact) mass is 263 g/mol. The first-order valence-corrected chi connectivity index (χ1v) is 6.13. The molecule has 0 bridgehead atoms. The van der Waals surface area contributed by atoms with E-state index in [4.69, 9.17) is 10.3 Å². The van der Waals surface area contributed by atoms with Crippen LogP contribution >= 0.6 is 0 Å². The van der Waals surface area contributed by atoms with Crippen LogP contribution in [0, 0.1) is 0 Å². The molecule has 1 aliphatic heterocycles. The van der Waals surface area contributed by atoms with Gasteiger partial charge in [0.15, 0.2) is 5.58 Å². The van der Waals surface area contributed by atoms with E-state index >= 15 is 0 Å². The second kappa shape index (κ2) is 4.31. The van der Waals surface area contributed by atoms with E-state index in [-0.39, 0.29) is 13.0 Å². The lowest BCUT2D eigenvalue weighted by molar-refractivity contribution is -0.128. The molecular formula is C13H14FN3O2. The number of para-hydroxylation sites is 1. The maximum Gasteiger partial charge on any atom is 0.256 e. The molecule has 3 rings (SSSR count). The number of fused-ring (bicyclic) bond motifs is 1. The predicted molar refractivity (Wildman–Crippen MR) is 66.9 cm³/mol. The molecule has 5 nitrogen and oxygen atoms in total. The number of amides is 1. The van der Waals surface area contributed by atoms with Crippen LogP contribution in [0.4, 0.5) is 4.39 Å². The Morgan fingerprint density at radius 2 is 2.32 bits per heavy atom. The minimum atomic E-state index is -1.92. The van der Waals surface area contributed by atoms with E-state index < -0.39 is 11.6 Å². The number of halogens is 1. The van der Waals surface area contributed by atoms with Gasteiger partial charge in [0, 0.05) is 31.4 Å². The summed E-state index contributed by atoms with van der Waals surface area (Å²) < 4.78 is 19.3. The number of alkyl halides is 1. The van der Waals surface area contributed by atoms with Gasteiger partial charge in [0.2, 0.25) is 5.67 Å². The maximum atomic E-state index is 14.1.